The number of halogens is 1. The van der Waals surface area contributed by atoms with Gasteiger partial charge in [0, 0.05) is 18.6 Å². The van der Waals surface area contributed by atoms with Crippen LogP contribution in [0.25, 0.3) is 17.2 Å². The molecule has 31 heavy (non-hydrogen) atoms. The summed E-state index contributed by atoms with van der Waals surface area (Å²) in [7, 11) is 0. The highest BCUT2D eigenvalue weighted by Crippen LogP contribution is 2.44. The third-order valence-corrected chi connectivity index (χ3v) is 6.50. The Morgan fingerprint density at radius 1 is 1.26 bits per heavy atom. The van der Waals surface area contributed by atoms with Gasteiger partial charge in [-0.3, -0.25) is 14.3 Å². The van der Waals surface area contributed by atoms with Crippen LogP contribution in [0.3, 0.4) is 0 Å². The van der Waals surface area contributed by atoms with Gasteiger partial charge in [0.25, 0.3) is 5.91 Å². The van der Waals surface area contributed by atoms with Crippen molar-refractivity contribution in [1.29, 1.82) is 0 Å². The summed E-state index contributed by atoms with van der Waals surface area (Å²) in [6, 6.07) is 6.11. The lowest BCUT2D eigenvalue weighted by Crippen LogP contribution is -2.44. The molecule has 9 heteroatoms. The van der Waals surface area contributed by atoms with Crippen LogP contribution in [0.15, 0.2) is 29.0 Å². The minimum absolute atomic E-state index is 0.0511. The van der Waals surface area contributed by atoms with E-state index in [1.807, 2.05) is 21.6 Å². The third-order valence-electron chi connectivity index (χ3n) is 6.19. The number of hydrogen-bond donors (Lipinski definition) is 0. The highest BCUT2D eigenvalue weighted by Gasteiger charge is 2.43. The average Bonchev–Trinajstić information content (AvgIpc) is 3.29. The molecule has 0 unspecified atom stereocenters. The van der Waals surface area contributed by atoms with Crippen molar-refractivity contribution in [3.63, 3.8) is 0 Å². The Labute approximate surface area is 185 Å². The van der Waals surface area contributed by atoms with Gasteiger partial charge in [0.2, 0.25) is 11.7 Å². The van der Waals surface area contributed by atoms with Crippen molar-refractivity contribution in [3.8, 4) is 17.2 Å². The predicted octanol–water partition coefficient (Wildman–Crippen LogP) is 4.10. The van der Waals surface area contributed by atoms with E-state index in [4.69, 9.17) is 16.1 Å². The molecule has 8 nitrogen and oxygen atoms in total. The minimum Gasteiger partial charge on any atom is -0.337 e. The van der Waals surface area contributed by atoms with E-state index in [2.05, 4.69) is 47.7 Å². The van der Waals surface area contributed by atoms with Crippen LogP contribution in [0.4, 0.5) is 0 Å². The summed E-state index contributed by atoms with van der Waals surface area (Å²) in [6.07, 6.45) is 2.58. The average molecular weight is 441 g/mol. The minimum atomic E-state index is -0.0850. The highest BCUT2D eigenvalue weighted by atomic mass is 35.5. The van der Waals surface area contributed by atoms with Gasteiger partial charge in [-0.25, -0.2) is 4.98 Å². The second kappa shape index (κ2) is 7.46. The van der Waals surface area contributed by atoms with Crippen molar-refractivity contribution >= 4 is 17.5 Å². The van der Waals surface area contributed by atoms with Gasteiger partial charge in [0.1, 0.15) is 12.0 Å². The van der Waals surface area contributed by atoms with Crippen LogP contribution >= 0.6 is 11.6 Å². The first-order valence-electron chi connectivity index (χ1n) is 10.6. The van der Waals surface area contributed by atoms with Crippen LogP contribution in [0.1, 0.15) is 62.1 Å². The van der Waals surface area contributed by atoms with Crippen LogP contribution < -0.4 is 0 Å². The summed E-state index contributed by atoms with van der Waals surface area (Å²) in [4.78, 5) is 26.5. The quantitative estimate of drug-likeness (QED) is 0.594. The monoisotopic (exact) mass is 440 g/mol. The van der Waals surface area contributed by atoms with Crippen LogP contribution in [0.2, 0.25) is 5.02 Å². The van der Waals surface area contributed by atoms with E-state index in [9.17, 15) is 4.79 Å². The molecule has 2 aliphatic heterocycles. The van der Waals surface area contributed by atoms with Gasteiger partial charge >= 0.3 is 0 Å². The zero-order chi connectivity index (χ0) is 21.9. The lowest BCUT2D eigenvalue weighted by molar-refractivity contribution is 0.0461. The largest absolute Gasteiger partial charge is 0.337 e. The molecule has 162 valence electrons. The van der Waals surface area contributed by atoms with E-state index < -0.39 is 0 Å². The molecule has 2 aromatic heterocycles. The Kier molecular flexibility index (Phi) is 4.86. The molecule has 4 heterocycles. The third kappa shape index (κ3) is 3.16. The lowest BCUT2D eigenvalue weighted by atomic mass is 9.97. The SMILES string of the molecule is CC(C)N(Cc1nc(-c2ncn3c2[C@@H]2CCN2C(=O)c2c(Cl)cccc2-3)no1)C(C)C. The van der Waals surface area contributed by atoms with Gasteiger partial charge in [0.15, 0.2) is 0 Å². The molecule has 0 radical (unpaired) electrons. The fourth-order valence-electron chi connectivity index (χ4n) is 4.56. The molecule has 2 aliphatic rings. The number of benzene rings is 1. The number of aromatic nitrogens is 4. The molecule has 0 bridgehead atoms. The zero-order valence-corrected chi connectivity index (χ0v) is 18.8. The summed E-state index contributed by atoms with van der Waals surface area (Å²) in [6.45, 7) is 9.86. The maximum absolute atomic E-state index is 13.1. The Morgan fingerprint density at radius 3 is 2.71 bits per heavy atom. The first kappa shape index (κ1) is 20.2. The van der Waals surface area contributed by atoms with Gasteiger partial charge in [0.05, 0.1) is 34.6 Å². The lowest BCUT2D eigenvalue weighted by Gasteiger charge is -2.39. The highest BCUT2D eigenvalue weighted by molar-refractivity contribution is 6.34. The summed E-state index contributed by atoms with van der Waals surface area (Å²) >= 11 is 6.41. The van der Waals surface area contributed by atoms with E-state index in [0.717, 1.165) is 17.8 Å². The van der Waals surface area contributed by atoms with Crippen molar-refractivity contribution in [3.05, 3.63) is 46.7 Å². The second-order valence-electron chi connectivity index (χ2n) is 8.66. The van der Waals surface area contributed by atoms with Gasteiger partial charge in [-0.1, -0.05) is 22.8 Å². The molecule has 5 rings (SSSR count). The predicted molar refractivity (Wildman–Crippen MR) is 116 cm³/mol. The maximum atomic E-state index is 13.1. The number of fused-ring (bicyclic) bond motifs is 5. The van der Waals surface area contributed by atoms with E-state index in [1.165, 1.54) is 0 Å². The van der Waals surface area contributed by atoms with Crippen LogP contribution in [-0.2, 0) is 6.54 Å². The summed E-state index contributed by atoms with van der Waals surface area (Å²) in [5, 5.41) is 4.67. The van der Waals surface area contributed by atoms with Crippen molar-refractivity contribution in [2.24, 2.45) is 0 Å². The Hall–Kier alpha value is -2.71. The number of imidazole rings is 1. The molecule has 1 atom stereocenters. The number of amides is 1. The van der Waals surface area contributed by atoms with Crippen LogP contribution in [0.5, 0.6) is 0 Å². The van der Waals surface area contributed by atoms with Crippen molar-refractivity contribution in [1.82, 2.24) is 29.5 Å². The number of carbonyl (C=O) groups is 1. The standard InChI is InChI=1S/C22H25ClN6O2/c1-12(2)28(13(3)4)10-17-25-21(26-31-17)19-20-16-8-9-27(16)22(30)18-14(23)6-5-7-15(18)29(20)11-24-19/h5-7,11-13,16H,8-10H2,1-4H3/t16-/m0/s1. The number of nitrogens with zero attached hydrogens (tertiary/aromatic N) is 6. The fourth-order valence-corrected chi connectivity index (χ4v) is 4.81. The summed E-state index contributed by atoms with van der Waals surface area (Å²) in [5.74, 6) is 0.948. The van der Waals surface area contributed by atoms with Gasteiger partial charge < -0.3 is 9.42 Å². The first-order valence-corrected chi connectivity index (χ1v) is 11.0. The van der Waals surface area contributed by atoms with E-state index in [-0.39, 0.29) is 11.9 Å². The zero-order valence-electron chi connectivity index (χ0n) is 18.0. The van der Waals surface area contributed by atoms with Gasteiger partial charge in [-0.2, -0.15) is 4.98 Å². The van der Waals surface area contributed by atoms with Crippen LogP contribution in [-0.4, -0.2) is 54.0 Å². The van der Waals surface area contributed by atoms with Crippen molar-refractivity contribution < 1.29 is 9.32 Å². The Morgan fingerprint density at radius 2 is 2.03 bits per heavy atom. The van der Waals surface area contributed by atoms with Crippen LogP contribution in [0, 0.1) is 0 Å². The second-order valence-corrected chi connectivity index (χ2v) is 9.06. The van der Waals surface area contributed by atoms with Crippen molar-refractivity contribution in [2.75, 3.05) is 6.54 Å². The normalized spacial score (nSPS) is 17.6. The number of hydrogen-bond acceptors (Lipinski definition) is 6. The molecule has 0 aliphatic carbocycles. The topological polar surface area (TPSA) is 80.3 Å². The molecule has 0 spiro atoms. The number of carbonyl (C=O) groups excluding carboxylic acids is 1. The molecule has 1 aromatic carbocycles. The maximum Gasteiger partial charge on any atom is 0.258 e. The first-order chi connectivity index (χ1) is 14.9. The van der Waals surface area contributed by atoms with Crippen molar-refractivity contribution in [2.45, 2.75) is 58.8 Å². The molecule has 1 amide bonds. The summed E-state index contributed by atoms with van der Waals surface area (Å²) < 4.78 is 7.52. The smallest absolute Gasteiger partial charge is 0.258 e. The Bertz CT molecular complexity index is 1140. The molecule has 1 saturated heterocycles. The molecular weight excluding hydrogens is 416 g/mol. The van der Waals surface area contributed by atoms with Gasteiger partial charge in [-0.05, 0) is 46.2 Å². The van der Waals surface area contributed by atoms with E-state index in [0.29, 0.717) is 53.2 Å². The Balaban J connectivity index is 1.57. The molecule has 0 N–H and O–H groups in total. The molecule has 3 aromatic rings. The molecule has 1 fully saturated rings. The van der Waals surface area contributed by atoms with Gasteiger partial charge in [-0.15, -0.1) is 0 Å². The fraction of sp³-hybridized carbons (Fsp3) is 0.455. The van der Waals surface area contributed by atoms with E-state index in [1.54, 1.807) is 12.4 Å². The molecule has 0 saturated carbocycles. The number of rotatable bonds is 5. The van der Waals surface area contributed by atoms with E-state index >= 15 is 0 Å². The molecular formula is C22H25ClN6O2. The summed E-state index contributed by atoms with van der Waals surface area (Å²) in [5.41, 5.74) is 2.79.